The molecule has 1 fully saturated rings. The van der Waals surface area contributed by atoms with Gasteiger partial charge >= 0.3 is 0 Å². The van der Waals surface area contributed by atoms with Crippen LogP contribution in [-0.2, 0) is 0 Å². The van der Waals surface area contributed by atoms with Crippen molar-refractivity contribution in [2.24, 2.45) is 0 Å². The molecule has 1 aliphatic heterocycles. The fourth-order valence-electron chi connectivity index (χ4n) is 2.00. The lowest BCUT2D eigenvalue weighted by atomic mass is 9.94. The molecule has 1 aromatic rings. The Kier molecular flexibility index (Phi) is 5.61. The van der Waals surface area contributed by atoms with Crippen LogP contribution in [0.2, 0.25) is 5.02 Å². The van der Waals surface area contributed by atoms with Gasteiger partial charge in [-0.1, -0.05) is 11.6 Å². The van der Waals surface area contributed by atoms with Crippen LogP contribution in [0.25, 0.3) is 5.57 Å². The molecule has 0 radical (unpaired) electrons. The highest BCUT2D eigenvalue weighted by Crippen LogP contribution is 2.27. The number of piperidine rings is 1. The molecule has 2 nitrogen and oxygen atoms in total. The lowest BCUT2D eigenvalue weighted by Gasteiger charge is -2.17. The second-order valence-corrected chi connectivity index (χ2v) is 4.40. The Morgan fingerprint density at radius 1 is 1.33 bits per heavy atom. The Bertz CT molecular complexity index is 498. The molecular weight excluding hydrogens is 274 g/mol. The first-order valence-corrected chi connectivity index (χ1v) is 5.88. The lowest BCUT2D eigenvalue weighted by Crippen LogP contribution is -2.23. The van der Waals surface area contributed by atoms with E-state index >= 15 is 0 Å². The van der Waals surface area contributed by atoms with Crippen molar-refractivity contribution in [3.05, 3.63) is 40.2 Å². The van der Waals surface area contributed by atoms with Gasteiger partial charge < -0.3 is 5.32 Å². The standard InChI is InChI=1S/C13H12ClFN2.ClH/c14-10-1-2-11(13(15)7-10)12(8-16)9-3-5-17-6-4-9;/h1-2,7,17H,3-6H2;1H. The van der Waals surface area contributed by atoms with Gasteiger partial charge in [-0.3, -0.25) is 0 Å². The van der Waals surface area contributed by atoms with E-state index in [2.05, 4.69) is 11.4 Å². The van der Waals surface area contributed by atoms with Gasteiger partial charge in [0, 0.05) is 10.6 Å². The minimum Gasteiger partial charge on any atom is -0.316 e. The van der Waals surface area contributed by atoms with Crippen molar-refractivity contribution in [1.82, 2.24) is 5.32 Å². The summed E-state index contributed by atoms with van der Waals surface area (Å²) in [5, 5.41) is 12.8. The molecule has 5 heteroatoms. The highest BCUT2D eigenvalue weighted by molar-refractivity contribution is 6.30. The SMILES string of the molecule is Cl.N#CC(=C1CCNCC1)c1ccc(Cl)cc1F. The molecule has 0 bridgehead atoms. The van der Waals surface area contributed by atoms with Crippen molar-refractivity contribution in [2.45, 2.75) is 12.8 Å². The second kappa shape index (κ2) is 6.75. The van der Waals surface area contributed by atoms with Crippen molar-refractivity contribution in [3.8, 4) is 6.07 Å². The zero-order valence-corrected chi connectivity index (χ0v) is 11.2. The smallest absolute Gasteiger partial charge is 0.133 e. The van der Waals surface area contributed by atoms with Crippen LogP contribution in [0.15, 0.2) is 23.8 Å². The van der Waals surface area contributed by atoms with Crippen LogP contribution in [0.4, 0.5) is 4.39 Å². The normalized spacial score (nSPS) is 14.6. The third kappa shape index (κ3) is 3.23. The molecule has 0 saturated carbocycles. The molecule has 0 amide bonds. The second-order valence-electron chi connectivity index (χ2n) is 3.96. The van der Waals surface area contributed by atoms with Crippen molar-refractivity contribution in [3.63, 3.8) is 0 Å². The van der Waals surface area contributed by atoms with Crippen LogP contribution < -0.4 is 5.32 Å². The van der Waals surface area contributed by atoms with Gasteiger partial charge in [0.1, 0.15) is 5.82 Å². The monoisotopic (exact) mass is 286 g/mol. The van der Waals surface area contributed by atoms with Crippen LogP contribution in [0.5, 0.6) is 0 Å². The summed E-state index contributed by atoms with van der Waals surface area (Å²) in [6.45, 7) is 1.69. The van der Waals surface area contributed by atoms with E-state index in [0.29, 0.717) is 16.2 Å². The molecule has 96 valence electrons. The summed E-state index contributed by atoms with van der Waals surface area (Å²) in [5.74, 6) is -0.430. The Balaban J connectivity index is 0.00000162. The van der Waals surface area contributed by atoms with Gasteiger partial charge in [0.15, 0.2) is 0 Å². The van der Waals surface area contributed by atoms with E-state index in [0.717, 1.165) is 31.5 Å². The minimum absolute atomic E-state index is 0. The lowest BCUT2D eigenvalue weighted by molar-refractivity contribution is 0.608. The van der Waals surface area contributed by atoms with Gasteiger partial charge in [-0.2, -0.15) is 5.26 Å². The molecule has 1 aliphatic rings. The summed E-state index contributed by atoms with van der Waals surface area (Å²) in [7, 11) is 0. The number of nitrogens with one attached hydrogen (secondary N) is 1. The molecule has 0 aliphatic carbocycles. The first kappa shape index (κ1) is 15.0. The van der Waals surface area contributed by atoms with Gasteiger partial charge in [0.05, 0.1) is 11.6 Å². The first-order chi connectivity index (χ1) is 8.22. The Morgan fingerprint density at radius 3 is 2.56 bits per heavy atom. The predicted molar refractivity (Wildman–Crippen MR) is 73.3 cm³/mol. The molecule has 0 aromatic heterocycles. The summed E-state index contributed by atoms with van der Waals surface area (Å²) in [6.07, 6.45) is 1.59. The van der Waals surface area contributed by atoms with Gasteiger partial charge in [-0.15, -0.1) is 12.4 Å². The van der Waals surface area contributed by atoms with E-state index in [4.69, 9.17) is 11.6 Å². The molecule has 1 aromatic carbocycles. The summed E-state index contributed by atoms with van der Waals surface area (Å²) >= 11 is 5.70. The first-order valence-electron chi connectivity index (χ1n) is 5.50. The highest BCUT2D eigenvalue weighted by Gasteiger charge is 2.15. The van der Waals surface area contributed by atoms with Gasteiger partial charge in [-0.05, 0) is 49.7 Å². The maximum atomic E-state index is 13.8. The minimum atomic E-state index is -0.430. The fourth-order valence-corrected chi connectivity index (χ4v) is 2.16. The van der Waals surface area contributed by atoms with Crippen LogP contribution >= 0.6 is 24.0 Å². The topological polar surface area (TPSA) is 35.8 Å². The number of nitrogens with zero attached hydrogens (tertiary/aromatic N) is 1. The largest absolute Gasteiger partial charge is 0.316 e. The Hall–Kier alpha value is -1.08. The van der Waals surface area contributed by atoms with Crippen LogP contribution in [0.1, 0.15) is 18.4 Å². The van der Waals surface area contributed by atoms with Crippen molar-refractivity contribution >= 4 is 29.6 Å². The van der Waals surface area contributed by atoms with E-state index in [-0.39, 0.29) is 12.4 Å². The third-order valence-corrected chi connectivity index (χ3v) is 3.11. The maximum absolute atomic E-state index is 13.8. The van der Waals surface area contributed by atoms with E-state index in [1.807, 2.05) is 0 Å². The van der Waals surface area contributed by atoms with E-state index in [9.17, 15) is 9.65 Å². The van der Waals surface area contributed by atoms with Gasteiger partial charge in [-0.25, -0.2) is 4.39 Å². The molecule has 18 heavy (non-hydrogen) atoms. The van der Waals surface area contributed by atoms with E-state index in [1.165, 1.54) is 6.07 Å². The van der Waals surface area contributed by atoms with E-state index < -0.39 is 5.82 Å². The molecule has 2 rings (SSSR count). The average Bonchev–Trinajstić information content (AvgIpc) is 2.34. The van der Waals surface area contributed by atoms with Crippen molar-refractivity contribution in [1.29, 1.82) is 5.26 Å². The van der Waals surface area contributed by atoms with Crippen molar-refractivity contribution in [2.75, 3.05) is 13.1 Å². The molecule has 1 heterocycles. The number of allylic oxidation sites excluding steroid dienone is 1. The molecule has 1 N–H and O–H groups in total. The zero-order chi connectivity index (χ0) is 12.3. The third-order valence-electron chi connectivity index (χ3n) is 2.87. The summed E-state index contributed by atoms with van der Waals surface area (Å²) in [6, 6.07) is 6.55. The molecule has 0 spiro atoms. The van der Waals surface area contributed by atoms with Gasteiger partial charge in [0.25, 0.3) is 0 Å². The number of hydrogen-bond donors (Lipinski definition) is 1. The van der Waals surface area contributed by atoms with Crippen LogP contribution in [0.3, 0.4) is 0 Å². The quantitative estimate of drug-likeness (QED) is 0.802. The zero-order valence-electron chi connectivity index (χ0n) is 9.67. The number of benzene rings is 1. The van der Waals surface area contributed by atoms with Crippen LogP contribution in [0, 0.1) is 17.1 Å². The highest BCUT2D eigenvalue weighted by atomic mass is 35.5. The summed E-state index contributed by atoms with van der Waals surface area (Å²) in [5.41, 5.74) is 1.84. The molecule has 0 unspecified atom stereocenters. The predicted octanol–water partition coefficient (Wildman–Crippen LogP) is 3.56. The van der Waals surface area contributed by atoms with Crippen LogP contribution in [-0.4, -0.2) is 13.1 Å². The number of rotatable bonds is 1. The molecule has 0 atom stereocenters. The molecular formula is C13H13Cl2FN2. The Labute approximate surface area is 117 Å². The molecule has 1 saturated heterocycles. The van der Waals surface area contributed by atoms with Gasteiger partial charge in [0.2, 0.25) is 0 Å². The van der Waals surface area contributed by atoms with E-state index in [1.54, 1.807) is 12.1 Å². The fraction of sp³-hybridized carbons (Fsp3) is 0.308. The average molecular weight is 287 g/mol. The number of nitriles is 1. The Morgan fingerprint density at radius 2 is 2.00 bits per heavy atom. The maximum Gasteiger partial charge on any atom is 0.133 e. The number of halogens is 3. The summed E-state index contributed by atoms with van der Waals surface area (Å²) < 4.78 is 13.8. The number of hydrogen-bond acceptors (Lipinski definition) is 2. The van der Waals surface area contributed by atoms with Crippen molar-refractivity contribution < 1.29 is 4.39 Å². The summed E-state index contributed by atoms with van der Waals surface area (Å²) in [4.78, 5) is 0.